The number of unbranched alkanes of at least 4 members (excludes halogenated alkanes) is 1. The number of aromatic hydroxyl groups is 1. The summed E-state index contributed by atoms with van der Waals surface area (Å²) >= 11 is 1.36. The van der Waals surface area contributed by atoms with Crippen LogP contribution in [0.25, 0.3) is 4.96 Å². The Morgan fingerprint density at radius 3 is 3.06 bits per heavy atom. The van der Waals surface area contributed by atoms with E-state index >= 15 is 0 Å². The number of hydrogen-bond acceptors (Lipinski definition) is 4. The first-order valence-electron chi connectivity index (χ1n) is 5.24. The Morgan fingerprint density at radius 2 is 2.38 bits per heavy atom. The Bertz CT molecular complexity index is 573. The van der Waals surface area contributed by atoms with Gasteiger partial charge >= 0.3 is 10.5 Å². The molecule has 86 valence electrons. The third-order valence-electron chi connectivity index (χ3n) is 2.57. The summed E-state index contributed by atoms with van der Waals surface area (Å²) < 4.78 is 3.09. The fraction of sp³-hybridized carbons (Fsp3) is 0.500. The number of nitrogens with zero attached hydrogens (tertiary/aromatic N) is 3. The lowest BCUT2D eigenvalue weighted by Crippen LogP contribution is -2.40. The Kier molecular flexibility index (Phi) is 2.91. The Morgan fingerprint density at radius 1 is 1.62 bits per heavy atom. The summed E-state index contributed by atoms with van der Waals surface area (Å²) in [6, 6.07) is 0. The van der Waals surface area contributed by atoms with Gasteiger partial charge in [-0.1, -0.05) is 18.4 Å². The van der Waals surface area contributed by atoms with Gasteiger partial charge in [0.15, 0.2) is 0 Å². The van der Waals surface area contributed by atoms with Crippen molar-refractivity contribution < 1.29 is 9.67 Å². The molecule has 0 aliphatic heterocycles. The molecule has 0 fully saturated rings. The quantitative estimate of drug-likeness (QED) is 0.809. The van der Waals surface area contributed by atoms with Crippen molar-refractivity contribution in [3.8, 4) is 5.88 Å². The third kappa shape index (κ3) is 1.59. The fourth-order valence-corrected chi connectivity index (χ4v) is 2.37. The van der Waals surface area contributed by atoms with E-state index in [-0.39, 0.29) is 11.4 Å². The standard InChI is InChI=1S/C10H13N3O2S/c1-3-4-5-12-8(14)7(2)9(15)13-10(12)16-6-11-13/h6H,3-5H2,1-2H3/p+1. The molecular weight excluding hydrogens is 226 g/mol. The summed E-state index contributed by atoms with van der Waals surface area (Å²) in [5.74, 6) is 0.0581. The molecule has 5 nitrogen and oxygen atoms in total. The van der Waals surface area contributed by atoms with Crippen LogP contribution in [0.1, 0.15) is 25.3 Å². The maximum Gasteiger partial charge on any atom is 0.374 e. The van der Waals surface area contributed by atoms with Crippen LogP contribution in [0.15, 0.2) is 10.3 Å². The van der Waals surface area contributed by atoms with Crippen molar-refractivity contribution in [3.05, 3.63) is 21.4 Å². The monoisotopic (exact) mass is 240 g/mol. The molecule has 0 saturated heterocycles. The van der Waals surface area contributed by atoms with E-state index in [1.165, 1.54) is 15.9 Å². The van der Waals surface area contributed by atoms with Crippen molar-refractivity contribution in [1.82, 2.24) is 9.61 Å². The molecule has 16 heavy (non-hydrogen) atoms. The molecule has 1 N–H and O–H groups in total. The highest BCUT2D eigenvalue weighted by atomic mass is 32.1. The molecule has 0 aliphatic carbocycles. The predicted octanol–water partition coefficient (Wildman–Crippen LogP) is 0.858. The molecule has 0 unspecified atom stereocenters. The van der Waals surface area contributed by atoms with E-state index in [2.05, 4.69) is 12.0 Å². The first-order chi connectivity index (χ1) is 7.66. The molecule has 0 bridgehead atoms. The molecule has 6 heteroatoms. The molecule has 0 aliphatic rings. The smallest absolute Gasteiger partial charge is 0.374 e. The molecule has 0 spiro atoms. The third-order valence-corrected chi connectivity index (χ3v) is 3.38. The van der Waals surface area contributed by atoms with Crippen LogP contribution < -0.4 is 10.1 Å². The molecule has 0 radical (unpaired) electrons. The molecule has 2 heterocycles. The SMILES string of the molecule is CCCC[n+]1c(O)c(C)c(=O)n2ncsc21. The minimum Gasteiger partial charge on any atom is -0.477 e. The zero-order valence-corrected chi connectivity index (χ0v) is 10.1. The maximum absolute atomic E-state index is 11.8. The van der Waals surface area contributed by atoms with Crippen LogP contribution in [-0.2, 0) is 6.54 Å². The lowest BCUT2D eigenvalue weighted by Gasteiger charge is -2.03. The van der Waals surface area contributed by atoms with E-state index in [9.17, 15) is 9.90 Å². The molecule has 2 aromatic rings. The second kappa shape index (κ2) is 4.21. The molecule has 0 aromatic carbocycles. The summed E-state index contributed by atoms with van der Waals surface area (Å²) in [7, 11) is 0. The second-order valence-corrected chi connectivity index (χ2v) is 4.50. The topological polar surface area (TPSA) is 58.5 Å². The fourth-order valence-electron chi connectivity index (χ4n) is 1.60. The lowest BCUT2D eigenvalue weighted by molar-refractivity contribution is -0.679. The van der Waals surface area contributed by atoms with Crippen LogP contribution in [0.2, 0.25) is 0 Å². The van der Waals surface area contributed by atoms with Crippen molar-refractivity contribution >= 4 is 16.3 Å². The van der Waals surface area contributed by atoms with Gasteiger partial charge in [-0.15, -0.1) is 0 Å². The van der Waals surface area contributed by atoms with Crippen molar-refractivity contribution in [2.75, 3.05) is 0 Å². The van der Waals surface area contributed by atoms with Gasteiger partial charge in [0.1, 0.15) is 11.1 Å². The number of hydrogen-bond donors (Lipinski definition) is 1. The van der Waals surface area contributed by atoms with Crippen molar-refractivity contribution in [2.24, 2.45) is 0 Å². The molecule has 0 saturated carbocycles. The predicted molar refractivity (Wildman–Crippen MR) is 60.8 cm³/mol. The van der Waals surface area contributed by atoms with Gasteiger partial charge in [-0.05, 0) is 29.2 Å². The van der Waals surface area contributed by atoms with E-state index in [0.29, 0.717) is 17.1 Å². The van der Waals surface area contributed by atoms with Gasteiger partial charge in [-0.2, -0.15) is 4.57 Å². The molecule has 2 aromatic heterocycles. The highest BCUT2D eigenvalue weighted by Crippen LogP contribution is 2.10. The van der Waals surface area contributed by atoms with Crippen molar-refractivity contribution in [3.63, 3.8) is 0 Å². The van der Waals surface area contributed by atoms with Gasteiger partial charge in [0.25, 0.3) is 5.88 Å². The molecule has 0 amide bonds. The van der Waals surface area contributed by atoms with E-state index in [4.69, 9.17) is 0 Å². The first-order valence-corrected chi connectivity index (χ1v) is 6.12. The van der Waals surface area contributed by atoms with E-state index in [0.717, 1.165) is 12.8 Å². The van der Waals surface area contributed by atoms with E-state index in [1.54, 1.807) is 17.0 Å². The minimum absolute atomic E-state index is 0.0581. The molecular formula is C10H14N3O2S+. The van der Waals surface area contributed by atoms with Gasteiger partial charge in [-0.25, -0.2) is 4.79 Å². The van der Waals surface area contributed by atoms with Crippen LogP contribution in [0, 0.1) is 6.92 Å². The van der Waals surface area contributed by atoms with Gasteiger partial charge in [0, 0.05) is 0 Å². The average molecular weight is 240 g/mol. The van der Waals surface area contributed by atoms with Crippen LogP contribution in [0.5, 0.6) is 5.88 Å². The van der Waals surface area contributed by atoms with Crippen LogP contribution in [-0.4, -0.2) is 14.7 Å². The maximum atomic E-state index is 11.8. The van der Waals surface area contributed by atoms with Gasteiger partial charge in [-0.3, -0.25) is 0 Å². The Hall–Kier alpha value is -1.43. The summed E-state index contributed by atoms with van der Waals surface area (Å²) in [4.78, 5) is 12.5. The number of aromatic nitrogens is 3. The van der Waals surface area contributed by atoms with E-state index in [1.807, 2.05) is 0 Å². The van der Waals surface area contributed by atoms with Crippen LogP contribution in [0.3, 0.4) is 0 Å². The summed E-state index contributed by atoms with van der Waals surface area (Å²) in [5.41, 5.74) is 1.71. The zero-order valence-electron chi connectivity index (χ0n) is 9.30. The number of aryl methyl sites for hydroxylation is 1. The van der Waals surface area contributed by atoms with Crippen molar-refractivity contribution in [1.29, 1.82) is 0 Å². The second-order valence-electron chi connectivity index (χ2n) is 3.69. The highest BCUT2D eigenvalue weighted by Gasteiger charge is 2.22. The van der Waals surface area contributed by atoms with Gasteiger partial charge < -0.3 is 5.11 Å². The van der Waals surface area contributed by atoms with Gasteiger partial charge in [0.05, 0.1) is 6.54 Å². The summed E-state index contributed by atoms with van der Waals surface area (Å²) in [6.07, 6.45) is 2.00. The van der Waals surface area contributed by atoms with Crippen molar-refractivity contribution in [2.45, 2.75) is 33.2 Å². The Labute approximate surface area is 96.6 Å². The first kappa shape index (κ1) is 11.1. The Balaban J connectivity index is 2.70. The van der Waals surface area contributed by atoms with Gasteiger partial charge in [0.2, 0.25) is 0 Å². The van der Waals surface area contributed by atoms with E-state index < -0.39 is 0 Å². The average Bonchev–Trinajstić information content (AvgIpc) is 2.75. The summed E-state index contributed by atoms with van der Waals surface area (Å²) in [5, 5.41) is 13.9. The number of fused-ring (bicyclic) bond motifs is 1. The summed E-state index contributed by atoms with van der Waals surface area (Å²) in [6.45, 7) is 4.41. The zero-order chi connectivity index (χ0) is 11.7. The van der Waals surface area contributed by atoms with Crippen LogP contribution >= 0.6 is 11.3 Å². The minimum atomic E-state index is -0.249. The normalized spacial score (nSPS) is 11.1. The highest BCUT2D eigenvalue weighted by molar-refractivity contribution is 7.14. The molecule has 2 rings (SSSR count). The largest absolute Gasteiger partial charge is 0.477 e. The number of rotatable bonds is 3. The molecule has 0 atom stereocenters. The lowest BCUT2D eigenvalue weighted by atomic mass is 10.3. The van der Waals surface area contributed by atoms with Crippen LogP contribution in [0.4, 0.5) is 0 Å².